The van der Waals surface area contributed by atoms with Crippen molar-refractivity contribution in [2.75, 3.05) is 33.5 Å². The molecule has 0 aromatic rings. The van der Waals surface area contributed by atoms with E-state index in [4.69, 9.17) is 19.3 Å². The summed E-state index contributed by atoms with van der Waals surface area (Å²) in [5.74, 6) is 0. The summed E-state index contributed by atoms with van der Waals surface area (Å²) in [7, 11) is 1.56. The Bertz CT molecular complexity index is 114. The average Bonchev–Trinajstić information content (AvgIpc) is 2.82. The third kappa shape index (κ3) is 4.66. The van der Waals surface area contributed by atoms with E-state index >= 15 is 0 Å². The number of hydrogen-bond acceptors (Lipinski definition) is 4. The summed E-state index contributed by atoms with van der Waals surface area (Å²) >= 11 is 0. The van der Waals surface area contributed by atoms with Crippen LogP contribution in [0.2, 0.25) is 0 Å². The van der Waals surface area contributed by atoms with Crippen LogP contribution in [0.15, 0.2) is 0 Å². The maximum atomic E-state index is 9.15. The molecule has 0 aliphatic carbocycles. The maximum absolute atomic E-state index is 9.15. The summed E-state index contributed by atoms with van der Waals surface area (Å²) in [5.41, 5.74) is 0. The first kappa shape index (κ1) is 9.92. The zero-order valence-corrected chi connectivity index (χ0v) is 7.36. The second-order valence-corrected chi connectivity index (χ2v) is 2.93. The van der Waals surface area contributed by atoms with Crippen LogP contribution in [0, 0.1) is 0 Å². The van der Waals surface area contributed by atoms with E-state index in [1.807, 2.05) is 0 Å². The van der Waals surface area contributed by atoms with Gasteiger partial charge in [-0.25, -0.2) is 0 Å². The largest absolute Gasteiger partial charge is 0.388 e. The highest BCUT2D eigenvalue weighted by molar-refractivity contribution is 4.67. The van der Waals surface area contributed by atoms with E-state index < -0.39 is 6.10 Å². The molecule has 12 heavy (non-hydrogen) atoms. The molecule has 0 aromatic heterocycles. The molecule has 72 valence electrons. The Labute approximate surface area is 72.4 Å². The molecular formula is C8H16O4. The Hall–Kier alpha value is -0.160. The van der Waals surface area contributed by atoms with Crippen molar-refractivity contribution in [3.05, 3.63) is 0 Å². The van der Waals surface area contributed by atoms with Crippen LogP contribution in [-0.2, 0) is 14.2 Å². The second kappa shape index (κ2) is 5.48. The zero-order chi connectivity index (χ0) is 8.81. The van der Waals surface area contributed by atoms with Gasteiger partial charge in [0.2, 0.25) is 0 Å². The topological polar surface area (TPSA) is 51.2 Å². The molecule has 1 aliphatic heterocycles. The van der Waals surface area contributed by atoms with Crippen LogP contribution in [0.3, 0.4) is 0 Å². The zero-order valence-electron chi connectivity index (χ0n) is 7.36. The molecule has 0 radical (unpaired) electrons. The molecule has 2 atom stereocenters. The van der Waals surface area contributed by atoms with Crippen LogP contribution in [0.1, 0.15) is 6.42 Å². The number of rotatable bonds is 7. The van der Waals surface area contributed by atoms with E-state index in [-0.39, 0.29) is 0 Å². The average molecular weight is 176 g/mol. The molecule has 4 nitrogen and oxygen atoms in total. The lowest BCUT2D eigenvalue weighted by atomic mass is 10.3. The number of methoxy groups -OCH3 is 1. The molecule has 4 heteroatoms. The molecular weight excluding hydrogens is 160 g/mol. The van der Waals surface area contributed by atoms with Crippen molar-refractivity contribution in [2.45, 2.75) is 18.6 Å². The van der Waals surface area contributed by atoms with Crippen LogP contribution in [-0.4, -0.2) is 50.9 Å². The van der Waals surface area contributed by atoms with Crippen molar-refractivity contribution in [1.29, 1.82) is 0 Å². The summed E-state index contributed by atoms with van der Waals surface area (Å²) in [6.45, 7) is 2.20. The SMILES string of the molecule is COCC(O)COCCC1CO1. The first-order chi connectivity index (χ1) is 5.83. The molecule has 0 saturated carbocycles. The minimum absolute atomic E-state index is 0.333. The standard InChI is InChI=1S/C8H16O4/c1-10-4-7(9)5-11-3-2-8-6-12-8/h7-9H,2-6H2,1H3. The number of ether oxygens (including phenoxy) is 3. The minimum atomic E-state index is -0.505. The van der Waals surface area contributed by atoms with Crippen molar-refractivity contribution in [3.63, 3.8) is 0 Å². The Morgan fingerprint density at radius 1 is 1.58 bits per heavy atom. The normalized spacial score (nSPS) is 24.0. The Morgan fingerprint density at radius 2 is 2.33 bits per heavy atom. The van der Waals surface area contributed by atoms with Crippen molar-refractivity contribution in [3.8, 4) is 0 Å². The molecule has 1 heterocycles. The number of aliphatic hydroxyl groups is 1. The van der Waals surface area contributed by atoms with Gasteiger partial charge in [0.05, 0.1) is 25.9 Å². The van der Waals surface area contributed by atoms with E-state index in [0.29, 0.717) is 25.9 Å². The highest BCUT2D eigenvalue weighted by Gasteiger charge is 2.21. The van der Waals surface area contributed by atoms with Gasteiger partial charge in [0, 0.05) is 13.7 Å². The van der Waals surface area contributed by atoms with Gasteiger partial charge >= 0.3 is 0 Å². The first-order valence-corrected chi connectivity index (χ1v) is 4.19. The van der Waals surface area contributed by atoms with Crippen molar-refractivity contribution < 1.29 is 19.3 Å². The molecule has 1 N–H and O–H groups in total. The van der Waals surface area contributed by atoms with Crippen molar-refractivity contribution >= 4 is 0 Å². The Kier molecular flexibility index (Phi) is 4.53. The summed E-state index contributed by atoms with van der Waals surface area (Å²) in [4.78, 5) is 0. The van der Waals surface area contributed by atoms with Gasteiger partial charge in [0.15, 0.2) is 0 Å². The van der Waals surface area contributed by atoms with Crippen LogP contribution >= 0.6 is 0 Å². The Balaban J connectivity index is 1.80. The van der Waals surface area contributed by atoms with E-state index in [1.54, 1.807) is 7.11 Å². The lowest BCUT2D eigenvalue weighted by Gasteiger charge is -2.09. The van der Waals surface area contributed by atoms with E-state index in [2.05, 4.69) is 0 Å². The summed E-state index contributed by atoms with van der Waals surface area (Å²) in [6, 6.07) is 0. The van der Waals surface area contributed by atoms with Crippen LogP contribution in [0.5, 0.6) is 0 Å². The van der Waals surface area contributed by atoms with Gasteiger partial charge in [-0.15, -0.1) is 0 Å². The molecule has 2 unspecified atom stereocenters. The molecule has 0 aromatic carbocycles. The number of epoxide rings is 1. The molecule has 1 saturated heterocycles. The Morgan fingerprint density at radius 3 is 2.92 bits per heavy atom. The van der Waals surface area contributed by atoms with Gasteiger partial charge in [0.1, 0.15) is 6.10 Å². The molecule has 1 aliphatic rings. The third-order valence-corrected chi connectivity index (χ3v) is 1.66. The highest BCUT2D eigenvalue weighted by Crippen LogP contribution is 2.12. The summed E-state index contributed by atoms with van der Waals surface area (Å²) in [5, 5.41) is 9.15. The predicted octanol–water partition coefficient (Wildman–Crippen LogP) is -0.201. The van der Waals surface area contributed by atoms with E-state index in [9.17, 15) is 0 Å². The summed E-state index contributed by atoms with van der Waals surface area (Å²) < 4.78 is 14.9. The van der Waals surface area contributed by atoms with Crippen molar-refractivity contribution in [1.82, 2.24) is 0 Å². The fraction of sp³-hybridized carbons (Fsp3) is 1.00. The van der Waals surface area contributed by atoms with Gasteiger partial charge in [0.25, 0.3) is 0 Å². The van der Waals surface area contributed by atoms with Gasteiger partial charge < -0.3 is 19.3 Å². The van der Waals surface area contributed by atoms with Gasteiger partial charge in [-0.1, -0.05) is 0 Å². The third-order valence-electron chi connectivity index (χ3n) is 1.66. The van der Waals surface area contributed by atoms with Crippen LogP contribution < -0.4 is 0 Å². The van der Waals surface area contributed by atoms with Gasteiger partial charge in [-0.3, -0.25) is 0 Å². The lowest BCUT2D eigenvalue weighted by Crippen LogP contribution is -2.21. The molecule has 1 fully saturated rings. The van der Waals surface area contributed by atoms with Gasteiger partial charge in [-0.05, 0) is 6.42 Å². The predicted molar refractivity (Wildman–Crippen MR) is 43.1 cm³/mol. The van der Waals surface area contributed by atoms with Gasteiger partial charge in [-0.2, -0.15) is 0 Å². The van der Waals surface area contributed by atoms with E-state index in [0.717, 1.165) is 13.0 Å². The van der Waals surface area contributed by atoms with E-state index in [1.165, 1.54) is 0 Å². The monoisotopic (exact) mass is 176 g/mol. The minimum Gasteiger partial charge on any atom is -0.388 e. The quantitative estimate of drug-likeness (QED) is 0.431. The lowest BCUT2D eigenvalue weighted by molar-refractivity contribution is -0.00746. The van der Waals surface area contributed by atoms with Crippen molar-refractivity contribution in [2.24, 2.45) is 0 Å². The molecule has 0 spiro atoms. The summed E-state index contributed by atoms with van der Waals surface area (Å²) in [6.07, 6.45) is 0.833. The second-order valence-electron chi connectivity index (χ2n) is 2.93. The number of hydrogen-bond donors (Lipinski definition) is 1. The number of aliphatic hydroxyl groups excluding tert-OH is 1. The van der Waals surface area contributed by atoms with Crippen LogP contribution in [0.25, 0.3) is 0 Å². The van der Waals surface area contributed by atoms with Crippen LogP contribution in [0.4, 0.5) is 0 Å². The highest BCUT2D eigenvalue weighted by atomic mass is 16.6. The molecule has 0 amide bonds. The molecule has 1 rings (SSSR count). The smallest absolute Gasteiger partial charge is 0.101 e. The molecule has 0 bridgehead atoms. The maximum Gasteiger partial charge on any atom is 0.101 e. The first-order valence-electron chi connectivity index (χ1n) is 4.19. The fourth-order valence-electron chi connectivity index (χ4n) is 0.909. The fourth-order valence-corrected chi connectivity index (χ4v) is 0.909.